The summed E-state index contributed by atoms with van der Waals surface area (Å²) in [5.41, 5.74) is 5.39. The summed E-state index contributed by atoms with van der Waals surface area (Å²) in [7, 11) is -3.64. The topological polar surface area (TPSA) is 88.1 Å². The van der Waals surface area contributed by atoms with Gasteiger partial charge in [0.05, 0.1) is 24.8 Å². The Morgan fingerprint density at radius 3 is 2.43 bits per heavy atom. The molecule has 0 bridgehead atoms. The summed E-state index contributed by atoms with van der Waals surface area (Å²) in [6.07, 6.45) is 2.57. The average molecular weight is 432 g/mol. The van der Waals surface area contributed by atoms with Crippen LogP contribution in [0.5, 0.6) is 5.75 Å². The minimum atomic E-state index is -3.64. The van der Waals surface area contributed by atoms with Crippen molar-refractivity contribution in [2.24, 2.45) is 11.0 Å². The second-order valence-electron chi connectivity index (χ2n) is 7.56. The molecule has 162 valence electrons. The highest BCUT2D eigenvalue weighted by atomic mass is 32.2. The molecule has 30 heavy (non-hydrogen) atoms. The Bertz CT molecular complexity index is 1000. The first-order chi connectivity index (χ1) is 14.1. The molecule has 8 heteroatoms. The molecule has 0 aromatic heterocycles. The SMILES string of the molecule is Cc1cccc(N(CC(=O)N/N=C/c2ccc(OCC(C)C)cc2)S(C)(=O)=O)c1C. The number of hydrogen-bond acceptors (Lipinski definition) is 5. The van der Waals surface area contributed by atoms with E-state index >= 15 is 0 Å². The highest BCUT2D eigenvalue weighted by Gasteiger charge is 2.22. The van der Waals surface area contributed by atoms with Gasteiger partial charge in [0, 0.05) is 0 Å². The first kappa shape index (κ1) is 23.4. The lowest BCUT2D eigenvalue weighted by Gasteiger charge is -2.23. The number of aryl methyl sites for hydroxylation is 1. The van der Waals surface area contributed by atoms with Crippen molar-refractivity contribution in [1.82, 2.24) is 5.43 Å². The number of carbonyl (C=O) groups is 1. The van der Waals surface area contributed by atoms with Gasteiger partial charge in [-0.05, 0) is 66.8 Å². The number of nitrogens with one attached hydrogen (secondary N) is 1. The van der Waals surface area contributed by atoms with Crippen LogP contribution in [0.1, 0.15) is 30.5 Å². The second kappa shape index (κ2) is 10.2. The maximum Gasteiger partial charge on any atom is 0.260 e. The lowest BCUT2D eigenvalue weighted by atomic mass is 10.1. The molecule has 0 atom stereocenters. The molecule has 0 aliphatic heterocycles. The predicted molar refractivity (Wildman–Crippen MR) is 121 cm³/mol. The van der Waals surface area contributed by atoms with Crippen LogP contribution in [0.2, 0.25) is 0 Å². The zero-order chi connectivity index (χ0) is 22.3. The fourth-order valence-electron chi connectivity index (χ4n) is 2.64. The third-order valence-corrected chi connectivity index (χ3v) is 5.53. The number of sulfonamides is 1. The quantitative estimate of drug-likeness (QED) is 0.488. The first-order valence-electron chi connectivity index (χ1n) is 9.66. The molecule has 0 saturated carbocycles. The Morgan fingerprint density at radius 2 is 1.83 bits per heavy atom. The van der Waals surface area contributed by atoms with Gasteiger partial charge in [0.25, 0.3) is 5.91 Å². The van der Waals surface area contributed by atoms with Crippen LogP contribution < -0.4 is 14.5 Å². The van der Waals surface area contributed by atoms with Gasteiger partial charge in [0.15, 0.2) is 0 Å². The minimum absolute atomic E-state index is 0.359. The van der Waals surface area contributed by atoms with Crippen molar-refractivity contribution in [3.63, 3.8) is 0 Å². The van der Waals surface area contributed by atoms with E-state index in [-0.39, 0.29) is 6.54 Å². The third-order valence-electron chi connectivity index (χ3n) is 4.40. The van der Waals surface area contributed by atoms with Gasteiger partial charge in [-0.3, -0.25) is 9.10 Å². The Morgan fingerprint density at radius 1 is 1.17 bits per heavy atom. The third kappa shape index (κ3) is 6.88. The van der Waals surface area contributed by atoms with Crippen LogP contribution in [0.3, 0.4) is 0 Å². The maximum atomic E-state index is 12.3. The van der Waals surface area contributed by atoms with Gasteiger partial charge in [-0.25, -0.2) is 13.8 Å². The van der Waals surface area contributed by atoms with Gasteiger partial charge in [0.2, 0.25) is 10.0 Å². The van der Waals surface area contributed by atoms with Crippen LogP contribution in [-0.2, 0) is 14.8 Å². The summed E-state index contributed by atoms with van der Waals surface area (Å²) < 4.78 is 31.2. The summed E-state index contributed by atoms with van der Waals surface area (Å²) in [6, 6.07) is 12.6. The fourth-order valence-corrected chi connectivity index (χ4v) is 3.55. The molecule has 2 aromatic carbocycles. The lowest BCUT2D eigenvalue weighted by molar-refractivity contribution is -0.119. The number of hydrogen-bond donors (Lipinski definition) is 1. The van der Waals surface area contributed by atoms with Gasteiger partial charge in [-0.2, -0.15) is 5.10 Å². The predicted octanol–water partition coefficient (Wildman–Crippen LogP) is 3.25. The largest absolute Gasteiger partial charge is 0.493 e. The van der Waals surface area contributed by atoms with Crippen molar-refractivity contribution in [2.45, 2.75) is 27.7 Å². The van der Waals surface area contributed by atoms with Crippen LogP contribution in [0.25, 0.3) is 0 Å². The molecule has 2 aromatic rings. The van der Waals surface area contributed by atoms with E-state index in [9.17, 15) is 13.2 Å². The van der Waals surface area contributed by atoms with E-state index in [0.717, 1.165) is 33.0 Å². The van der Waals surface area contributed by atoms with Gasteiger partial charge in [-0.1, -0.05) is 26.0 Å². The molecule has 2 rings (SSSR count). The second-order valence-corrected chi connectivity index (χ2v) is 9.46. The van der Waals surface area contributed by atoms with Crippen molar-refractivity contribution in [3.8, 4) is 5.75 Å². The first-order valence-corrected chi connectivity index (χ1v) is 11.5. The molecule has 1 amide bonds. The average Bonchev–Trinajstić information content (AvgIpc) is 2.67. The van der Waals surface area contributed by atoms with Gasteiger partial charge in [-0.15, -0.1) is 0 Å². The summed E-state index contributed by atoms with van der Waals surface area (Å²) >= 11 is 0. The van der Waals surface area contributed by atoms with E-state index in [4.69, 9.17) is 4.74 Å². The maximum absolute atomic E-state index is 12.3. The number of nitrogens with zero attached hydrogens (tertiary/aromatic N) is 2. The summed E-state index contributed by atoms with van der Waals surface area (Å²) in [5.74, 6) is 0.674. The van der Waals surface area contributed by atoms with E-state index in [1.165, 1.54) is 6.21 Å². The molecule has 0 saturated heterocycles. The number of carbonyl (C=O) groups excluding carboxylic acids is 1. The molecule has 0 aliphatic rings. The van der Waals surface area contributed by atoms with Crippen molar-refractivity contribution < 1.29 is 17.9 Å². The summed E-state index contributed by atoms with van der Waals surface area (Å²) in [4.78, 5) is 12.3. The smallest absolute Gasteiger partial charge is 0.260 e. The molecule has 0 unspecified atom stereocenters. The number of ether oxygens (including phenoxy) is 1. The molecule has 1 N–H and O–H groups in total. The van der Waals surface area contributed by atoms with E-state index in [2.05, 4.69) is 24.4 Å². The molecule has 0 heterocycles. The van der Waals surface area contributed by atoms with Gasteiger partial charge < -0.3 is 4.74 Å². The van der Waals surface area contributed by atoms with E-state index in [1.54, 1.807) is 12.1 Å². The highest BCUT2D eigenvalue weighted by Crippen LogP contribution is 2.24. The molecule has 0 spiro atoms. The Kier molecular flexibility index (Phi) is 8.00. The van der Waals surface area contributed by atoms with Crippen molar-refractivity contribution >= 4 is 27.8 Å². The highest BCUT2D eigenvalue weighted by molar-refractivity contribution is 7.92. The number of hydrazone groups is 1. The van der Waals surface area contributed by atoms with Crippen LogP contribution in [-0.4, -0.2) is 39.9 Å². The molecule has 0 radical (unpaired) electrons. The van der Waals surface area contributed by atoms with Crippen LogP contribution in [0, 0.1) is 19.8 Å². The number of benzene rings is 2. The zero-order valence-electron chi connectivity index (χ0n) is 18.0. The zero-order valence-corrected chi connectivity index (χ0v) is 18.9. The van der Waals surface area contributed by atoms with Crippen molar-refractivity contribution in [1.29, 1.82) is 0 Å². The standard InChI is InChI=1S/C22H29N3O4S/c1-16(2)15-29-20-11-9-19(10-12-20)13-23-24-22(26)14-25(30(5,27)28)21-8-6-7-17(3)18(21)4/h6-13,16H,14-15H2,1-5H3,(H,24,26)/b23-13+. The molecular weight excluding hydrogens is 402 g/mol. The molecule has 0 fully saturated rings. The Labute approximate surface area is 178 Å². The van der Waals surface area contributed by atoms with E-state index in [0.29, 0.717) is 18.2 Å². The Balaban J connectivity index is 2.01. The monoisotopic (exact) mass is 431 g/mol. The molecule has 0 aliphatic carbocycles. The van der Waals surface area contributed by atoms with Crippen LogP contribution in [0.4, 0.5) is 5.69 Å². The van der Waals surface area contributed by atoms with E-state index in [1.807, 2.05) is 44.2 Å². The van der Waals surface area contributed by atoms with Gasteiger partial charge in [0.1, 0.15) is 12.3 Å². The fraction of sp³-hybridized carbons (Fsp3) is 0.364. The van der Waals surface area contributed by atoms with Crippen molar-refractivity contribution in [3.05, 3.63) is 59.2 Å². The van der Waals surface area contributed by atoms with Crippen LogP contribution >= 0.6 is 0 Å². The number of amides is 1. The minimum Gasteiger partial charge on any atom is -0.493 e. The summed E-state index contributed by atoms with van der Waals surface area (Å²) in [6.45, 7) is 8.16. The van der Waals surface area contributed by atoms with E-state index < -0.39 is 15.9 Å². The number of rotatable bonds is 9. The van der Waals surface area contributed by atoms with Crippen LogP contribution in [0.15, 0.2) is 47.6 Å². The number of anilines is 1. The summed E-state index contributed by atoms with van der Waals surface area (Å²) in [5, 5.41) is 3.93. The molecular formula is C22H29N3O4S. The lowest BCUT2D eigenvalue weighted by Crippen LogP contribution is -2.39. The Hall–Kier alpha value is -2.87. The normalized spacial score (nSPS) is 11.7. The van der Waals surface area contributed by atoms with Crippen molar-refractivity contribution in [2.75, 3.05) is 23.7 Å². The van der Waals surface area contributed by atoms with Gasteiger partial charge >= 0.3 is 0 Å². The molecule has 7 nitrogen and oxygen atoms in total.